The zero-order valence-electron chi connectivity index (χ0n) is 11.9. The summed E-state index contributed by atoms with van der Waals surface area (Å²) in [6.07, 6.45) is 0.754. The van der Waals surface area contributed by atoms with E-state index in [0.29, 0.717) is 31.6 Å². The van der Waals surface area contributed by atoms with Crippen LogP contribution in [0.3, 0.4) is 0 Å². The van der Waals surface area contributed by atoms with Crippen LogP contribution in [0.4, 0.5) is 10.4 Å². The van der Waals surface area contributed by atoms with E-state index in [4.69, 9.17) is 9.15 Å². The first-order chi connectivity index (χ1) is 10.3. The maximum Gasteiger partial charge on any atom is 0.315 e. The lowest BCUT2D eigenvalue weighted by molar-refractivity contribution is 0.198. The van der Waals surface area contributed by atoms with Crippen LogP contribution in [0.25, 0.3) is 0 Å². The average Bonchev–Trinajstić information content (AvgIpc) is 2.94. The molecule has 0 spiro atoms. The van der Waals surface area contributed by atoms with Gasteiger partial charge in [0.15, 0.2) is 0 Å². The van der Waals surface area contributed by atoms with Crippen LogP contribution in [0.15, 0.2) is 28.7 Å². The molecular formula is C14H19FN4O2. The van der Waals surface area contributed by atoms with Crippen molar-refractivity contribution in [3.63, 3.8) is 0 Å². The number of ether oxygens (including phenoxy) is 1. The van der Waals surface area contributed by atoms with Gasteiger partial charge in [0.25, 0.3) is 0 Å². The Morgan fingerprint density at radius 3 is 2.76 bits per heavy atom. The molecule has 0 saturated carbocycles. The molecule has 0 aliphatic rings. The minimum absolute atomic E-state index is 0.228. The third-order valence-corrected chi connectivity index (χ3v) is 2.83. The van der Waals surface area contributed by atoms with Crippen LogP contribution in [0, 0.1) is 5.82 Å². The molecule has 1 aromatic carbocycles. The molecule has 1 aromatic heterocycles. The van der Waals surface area contributed by atoms with Gasteiger partial charge in [-0.3, -0.25) is 0 Å². The van der Waals surface area contributed by atoms with Crippen LogP contribution in [-0.2, 0) is 17.7 Å². The molecule has 0 unspecified atom stereocenters. The largest absolute Gasteiger partial charge is 0.407 e. The monoisotopic (exact) mass is 294 g/mol. The van der Waals surface area contributed by atoms with E-state index in [0.717, 1.165) is 18.5 Å². The summed E-state index contributed by atoms with van der Waals surface area (Å²) in [4.78, 5) is 0. The molecule has 0 atom stereocenters. The third-order valence-electron chi connectivity index (χ3n) is 2.83. The van der Waals surface area contributed by atoms with Crippen LogP contribution in [0.2, 0.25) is 0 Å². The lowest BCUT2D eigenvalue weighted by atomic mass is 10.1. The Morgan fingerprint density at radius 2 is 2.00 bits per heavy atom. The number of halogens is 1. The predicted octanol–water partition coefficient (Wildman–Crippen LogP) is 1.60. The van der Waals surface area contributed by atoms with Crippen molar-refractivity contribution < 1.29 is 13.5 Å². The summed E-state index contributed by atoms with van der Waals surface area (Å²) in [5.74, 6) is 0.296. The Balaban J connectivity index is 1.69. The molecule has 2 aromatic rings. The molecule has 6 nitrogen and oxygen atoms in total. The van der Waals surface area contributed by atoms with Gasteiger partial charge in [0.2, 0.25) is 5.89 Å². The van der Waals surface area contributed by atoms with Gasteiger partial charge in [-0.2, -0.15) is 0 Å². The fourth-order valence-electron chi connectivity index (χ4n) is 1.73. The third kappa shape index (κ3) is 5.49. The Bertz CT molecular complexity index is 530. The number of aromatic nitrogens is 2. The van der Waals surface area contributed by atoms with Crippen molar-refractivity contribution in [2.75, 3.05) is 32.1 Å². The molecule has 0 aliphatic carbocycles. The van der Waals surface area contributed by atoms with Gasteiger partial charge in [-0.05, 0) is 24.1 Å². The maximum absolute atomic E-state index is 12.8. The number of nitrogens with one attached hydrogen (secondary N) is 2. The quantitative estimate of drug-likeness (QED) is 0.684. The number of hydrogen-bond donors (Lipinski definition) is 2. The fraction of sp³-hybridized carbons (Fsp3) is 0.429. The molecule has 0 fully saturated rings. The van der Waals surface area contributed by atoms with Gasteiger partial charge in [0, 0.05) is 20.2 Å². The van der Waals surface area contributed by atoms with Gasteiger partial charge >= 0.3 is 6.01 Å². The van der Waals surface area contributed by atoms with Crippen LogP contribution >= 0.6 is 0 Å². The number of hydrogen-bond acceptors (Lipinski definition) is 6. The van der Waals surface area contributed by atoms with Gasteiger partial charge in [-0.1, -0.05) is 17.2 Å². The van der Waals surface area contributed by atoms with Gasteiger partial charge in [0.1, 0.15) is 5.82 Å². The first kappa shape index (κ1) is 15.4. The minimum atomic E-state index is -0.228. The zero-order valence-corrected chi connectivity index (χ0v) is 11.9. The highest BCUT2D eigenvalue weighted by Crippen LogP contribution is 2.07. The summed E-state index contributed by atoms with van der Waals surface area (Å²) in [5.41, 5.74) is 1.05. The molecule has 2 rings (SSSR count). The lowest BCUT2D eigenvalue weighted by Crippen LogP contribution is -2.18. The average molecular weight is 294 g/mol. The van der Waals surface area contributed by atoms with Crippen LogP contribution < -0.4 is 10.6 Å². The Kier molecular flexibility index (Phi) is 6.11. The van der Waals surface area contributed by atoms with Crippen molar-refractivity contribution in [1.82, 2.24) is 15.5 Å². The summed E-state index contributed by atoms with van der Waals surface area (Å²) in [6, 6.07) is 6.81. The van der Waals surface area contributed by atoms with E-state index in [-0.39, 0.29) is 5.82 Å². The summed E-state index contributed by atoms with van der Waals surface area (Å²) in [7, 11) is 1.65. The van der Waals surface area contributed by atoms with E-state index >= 15 is 0 Å². The lowest BCUT2D eigenvalue weighted by Gasteiger charge is -2.02. The normalized spacial score (nSPS) is 10.8. The summed E-state index contributed by atoms with van der Waals surface area (Å²) in [5, 5.41) is 14.0. The standard InChI is InChI=1S/C14H19FN4O2/c1-20-9-8-16-10-13-18-19-14(21-13)17-7-6-11-2-4-12(15)5-3-11/h2-5,16H,6-10H2,1H3,(H,17,19). The van der Waals surface area contributed by atoms with Gasteiger partial charge in [-0.15, -0.1) is 5.10 Å². The smallest absolute Gasteiger partial charge is 0.315 e. The SMILES string of the molecule is COCCNCc1nnc(NCCc2ccc(F)cc2)o1. The van der Waals surface area contributed by atoms with Crippen molar-refractivity contribution in [2.24, 2.45) is 0 Å². The Hall–Kier alpha value is -1.99. The molecule has 0 amide bonds. The topological polar surface area (TPSA) is 72.2 Å². The summed E-state index contributed by atoms with van der Waals surface area (Å²) < 4.78 is 23.1. The Morgan fingerprint density at radius 1 is 1.19 bits per heavy atom. The van der Waals surface area contributed by atoms with E-state index in [1.165, 1.54) is 12.1 Å². The maximum atomic E-state index is 12.8. The summed E-state index contributed by atoms with van der Waals surface area (Å²) in [6.45, 7) is 2.52. The second kappa shape index (κ2) is 8.33. The predicted molar refractivity (Wildman–Crippen MR) is 76.5 cm³/mol. The number of benzene rings is 1. The highest BCUT2D eigenvalue weighted by Gasteiger charge is 2.04. The van der Waals surface area contributed by atoms with E-state index in [9.17, 15) is 4.39 Å². The number of nitrogens with zero attached hydrogens (tertiary/aromatic N) is 2. The first-order valence-corrected chi connectivity index (χ1v) is 6.78. The first-order valence-electron chi connectivity index (χ1n) is 6.78. The zero-order chi connectivity index (χ0) is 14.9. The van der Waals surface area contributed by atoms with Crippen molar-refractivity contribution in [3.8, 4) is 0 Å². The van der Waals surface area contributed by atoms with Crippen LogP contribution in [0.5, 0.6) is 0 Å². The fourth-order valence-corrected chi connectivity index (χ4v) is 1.73. The Labute approximate surface area is 122 Å². The minimum Gasteiger partial charge on any atom is -0.407 e. The summed E-state index contributed by atoms with van der Waals surface area (Å²) >= 11 is 0. The molecule has 1 heterocycles. The molecule has 0 bridgehead atoms. The van der Waals surface area contributed by atoms with E-state index in [2.05, 4.69) is 20.8 Å². The van der Waals surface area contributed by atoms with Crippen molar-refractivity contribution in [2.45, 2.75) is 13.0 Å². The highest BCUT2D eigenvalue weighted by atomic mass is 19.1. The number of rotatable bonds is 9. The van der Waals surface area contributed by atoms with Gasteiger partial charge in [-0.25, -0.2) is 4.39 Å². The van der Waals surface area contributed by atoms with Crippen LogP contribution in [-0.4, -0.2) is 37.0 Å². The van der Waals surface area contributed by atoms with Gasteiger partial charge < -0.3 is 19.8 Å². The molecular weight excluding hydrogens is 275 g/mol. The van der Waals surface area contributed by atoms with E-state index in [1.54, 1.807) is 19.2 Å². The molecule has 0 saturated heterocycles. The second-order valence-electron chi connectivity index (χ2n) is 4.47. The second-order valence-corrected chi connectivity index (χ2v) is 4.47. The van der Waals surface area contributed by atoms with Crippen molar-refractivity contribution in [3.05, 3.63) is 41.5 Å². The molecule has 21 heavy (non-hydrogen) atoms. The van der Waals surface area contributed by atoms with Gasteiger partial charge in [0.05, 0.1) is 13.2 Å². The molecule has 2 N–H and O–H groups in total. The van der Waals surface area contributed by atoms with E-state index < -0.39 is 0 Å². The number of anilines is 1. The van der Waals surface area contributed by atoms with Crippen molar-refractivity contribution >= 4 is 6.01 Å². The number of methoxy groups -OCH3 is 1. The van der Waals surface area contributed by atoms with Crippen molar-refractivity contribution in [1.29, 1.82) is 0 Å². The molecule has 0 radical (unpaired) electrons. The molecule has 114 valence electrons. The highest BCUT2D eigenvalue weighted by molar-refractivity contribution is 5.20. The van der Waals surface area contributed by atoms with E-state index in [1.807, 2.05) is 0 Å². The van der Waals surface area contributed by atoms with Crippen LogP contribution in [0.1, 0.15) is 11.5 Å². The molecule has 0 aliphatic heterocycles. The molecule has 7 heteroatoms.